The summed E-state index contributed by atoms with van der Waals surface area (Å²) in [6, 6.07) is 7.39. The molecule has 1 aromatic carbocycles. The van der Waals surface area contributed by atoms with Gasteiger partial charge in [0.2, 0.25) is 0 Å². The Hall–Kier alpha value is -1.51. The minimum absolute atomic E-state index is 0.0698. The van der Waals surface area contributed by atoms with E-state index in [1.165, 1.54) is 12.8 Å². The molecule has 2 rings (SSSR count). The Morgan fingerprint density at radius 1 is 1.00 bits per heavy atom. The van der Waals surface area contributed by atoms with E-state index in [4.69, 9.17) is 9.47 Å². The third-order valence-electron chi connectivity index (χ3n) is 4.69. The van der Waals surface area contributed by atoms with Crippen LogP contribution in [0.2, 0.25) is 0 Å². The Balaban J connectivity index is 1.77. The zero-order valence-corrected chi connectivity index (χ0v) is 14.6. The molecule has 1 aromatic rings. The van der Waals surface area contributed by atoms with Gasteiger partial charge < -0.3 is 9.47 Å². The van der Waals surface area contributed by atoms with Crippen molar-refractivity contribution in [2.75, 3.05) is 6.61 Å². The third kappa shape index (κ3) is 5.89. The molecule has 0 unspecified atom stereocenters. The van der Waals surface area contributed by atoms with Gasteiger partial charge in [-0.05, 0) is 62.3 Å². The number of esters is 1. The second-order valence-electron chi connectivity index (χ2n) is 6.60. The molecule has 1 aliphatic carbocycles. The van der Waals surface area contributed by atoms with E-state index in [1.54, 1.807) is 0 Å². The molecule has 0 aliphatic heterocycles. The molecular formula is C20H30O3. The molecule has 1 aliphatic rings. The molecule has 0 radical (unpaired) electrons. The maximum absolute atomic E-state index is 12.3. The lowest BCUT2D eigenvalue weighted by molar-refractivity contribution is -0.140. The number of unbranched alkanes of at least 4 members (excludes halogenated alkanes) is 1. The van der Waals surface area contributed by atoms with Crippen LogP contribution in [0.25, 0.3) is 0 Å². The summed E-state index contributed by atoms with van der Waals surface area (Å²) in [5, 5.41) is 0. The largest absolute Gasteiger partial charge is 0.494 e. The van der Waals surface area contributed by atoms with E-state index in [0.29, 0.717) is 5.75 Å². The van der Waals surface area contributed by atoms with Crippen molar-refractivity contribution in [3.8, 4) is 11.5 Å². The summed E-state index contributed by atoms with van der Waals surface area (Å²) in [5.41, 5.74) is 0. The summed E-state index contributed by atoms with van der Waals surface area (Å²) in [6.07, 6.45) is 8.99. The molecule has 0 spiro atoms. The highest BCUT2D eigenvalue weighted by atomic mass is 16.5. The molecule has 3 heteroatoms. The molecule has 0 amide bonds. The normalized spacial score (nSPS) is 21.0. The Morgan fingerprint density at radius 2 is 1.65 bits per heavy atom. The first-order chi connectivity index (χ1) is 11.2. The van der Waals surface area contributed by atoms with Crippen LogP contribution in [0.15, 0.2) is 24.3 Å². The van der Waals surface area contributed by atoms with Crippen molar-refractivity contribution in [2.45, 2.75) is 65.2 Å². The number of ether oxygens (including phenoxy) is 2. The van der Waals surface area contributed by atoms with Crippen molar-refractivity contribution in [1.29, 1.82) is 0 Å². The zero-order valence-electron chi connectivity index (χ0n) is 14.6. The van der Waals surface area contributed by atoms with Crippen molar-refractivity contribution in [2.24, 2.45) is 11.8 Å². The lowest BCUT2D eigenvalue weighted by Gasteiger charge is -2.26. The van der Waals surface area contributed by atoms with Crippen LogP contribution in [0.1, 0.15) is 65.2 Å². The highest BCUT2D eigenvalue weighted by Crippen LogP contribution is 2.32. The molecule has 0 N–H and O–H groups in total. The average Bonchev–Trinajstić information content (AvgIpc) is 2.57. The van der Waals surface area contributed by atoms with Crippen molar-refractivity contribution in [1.82, 2.24) is 0 Å². The Kier molecular flexibility index (Phi) is 7.44. The van der Waals surface area contributed by atoms with E-state index < -0.39 is 0 Å². The fourth-order valence-corrected chi connectivity index (χ4v) is 3.23. The average molecular weight is 318 g/mol. The van der Waals surface area contributed by atoms with Gasteiger partial charge in [0.15, 0.2) is 0 Å². The van der Waals surface area contributed by atoms with Crippen LogP contribution in [-0.2, 0) is 4.79 Å². The van der Waals surface area contributed by atoms with E-state index in [2.05, 4.69) is 13.8 Å². The SMILES string of the molecule is CCCCOc1ccc(OC(=O)[C@H]2CC[C@H](CCC)CC2)cc1. The predicted molar refractivity (Wildman–Crippen MR) is 92.8 cm³/mol. The molecule has 0 bridgehead atoms. The first-order valence-electron chi connectivity index (χ1n) is 9.17. The summed E-state index contributed by atoms with van der Waals surface area (Å²) in [5.74, 6) is 2.26. The first kappa shape index (κ1) is 17.8. The number of carbonyl (C=O) groups excluding carboxylic acids is 1. The van der Waals surface area contributed by atoms with Crippen molar-refractivity contribution in [3.63, 3.8) is 0 Å². The first-order valence-corrected chi connectivity index (χ1v) is 9.17. The van der Waals surface area contributed by atoms with Gasteiger partial charge >= 0.3 is 5.97 Å². The maximum Gasteiger partial charge on any atom is 0.314 e. The number of hydrogen-bond donors (Lipinski definition) is 0. The fourth-order valence-electron chi connectivity index (χ4n) is 3.23. The highest BCUT2D eigenvalue weighted by molar-refractivity contribution is 5.75. The van der Waals surface area contributed by atoms with Gasteiger partial charge in [-0.3, -0.25) is 4.79 Å². The molecule has 128 valence electrons. The Bertz CT molecular complexity index is 458. The van der Waals surface area contributed by atoms with Gasteiger partial charge in [0.1, 0.15) is 11.5 Å². The molecular weight excluding hydrogens is 288 g/mol. The lowest BCUT2D eigenvalue weighted by atomic mass is 9.80. The smallest absolute Gasteiger partial charge is 0.314 e. The van der Waals surface area contributed by atoms with Crippen molar-refractivity contribution < 1.29 is 14.3 Å². The second-order valence-corrected chi connectivity index (χ2v) is 6.60. The molecule has 0 heterocycles. The van der Waals surface area contributed by atoms with Gasteiger partial charge in [0, 0.05) is 0 Å². The van der Waals surface area contributed by atoms with Gasteiger partial charge in [-0.1, -0.05) is 33.1 Å². The summed E-state index contributed by atoms with van der Waals surface area (Å²) in [7, 11) is 0. The molecule has 23 heavy (non-hydrogen) atoms. The Labute approximate surface area is 140 Å². The number of carbonyl (C=O) groups is 1. The van der Waals surface area contributed by atoms with E-state index in [1.807, 2.05) is 24.3 Å². The molecule has 0 aromatic heterocycles. The molecule has 3 nitrogen and oxygen atoms in total. The van der Waals surface area contributed by atoms with Gasteiger partial charge in [0.05, 0.1) is 12.5 Å². The lowest BCUT2D eigenvalue weighted by Crippen LogP contribution is -2.25. The van der Waals surface area contributed by atoms with Crippen LogP contribution in [0.4, 0.5) is 0 Å². The van der Waals surface area contributed by atoms with Crippen LogP contribution < -0.4 is 9.47 Å². The zero-order chi connectivity index (χ0) is 16.5. The topological polar surface area (TPSA) is 35.5 Å². The summed E-state index contributed by atoms with van der Waals surface area (Å²) in [6.45, 7) is 5.11. The monoisotopic (exact) mass is 318 g/mol. The van der Waals surface area contributed by atoms with E-state index in [0.717, 1.165) is 56.8 Å². The number of benzene rings is 1. The second kappa shape index (κ2) is 9.59. The quantitative estimate of drug-likeness (QED) is 0.367. The minimum Gasteiger partial charge on any atom is -0.494 e. The summed E-state index contributed by atoms with van der Waals surface area (Å²) < 4.78 is 11.2. The highest BCUT2D eigenvalue weighted by Gasteiger charge is 2.27. The number of hydrogen-bond acceptors (Lipinski definition) is 3. The van der Waals surface area contributed by atoms with Crippen LogP contribution in [0.5, 0.6) is 11.5 Å². The van der Waals surface area contributed by atoms with Gasteiger partial charge in [-0.15, -0.1) is 0 Å². The number of rotatable bonds is 8. The summed E-state index contributed by atoms with van der Waals surface area (Å²) in [4.78, 5) is 12.3. The van der Waals surface area contributed by atoms with Crippen LogP contribution in [-0.4, -0.2) is 12.6 Å². The van der Waals surface area contributed by atoms with Gasteiger partial charge in [0.25, 0.3) is 0 Å². The molecule has 0 saturated heterocycles. The van der Waals surface area contributed by atoms with Crippen molar-refractivity contribution >= 4 is 5.97 Å². The predicted octanol–water partition coefficient (Wildman–Crippen LogP) is 5.38. The fraction of sp³-hybridized carbons (Fsp3) is 0.650. The third-order valence-corrected chi connectivity index (χ3v) is 4.69. The van der Waals surface area contributed by atoms with E-state index in [-0.39, 0.29) is 11.9 Å². The Morgan fingerprint density at radius 3 is 2.26 bits per heavy atom. The standard InChI is InChI=1S/C20H30O3/c1-3-5-15-22-18-11-13-19(14-12-18)23-20(21)17-9-7-16(6-4-2)8-10-17/h11-14,16-17H,3-10,15H2,1-2H3/t16-,17-. The van der Waals surface area contributed by atoms with Crippen LogP contribution in [0.3, 0.4) is 0 Å². The van der Waals surface area contributed by atoms with E-state index in [9.17, 15) is 4.79 Å². The molecule has 0 atom stereocenters. The van der Waals surface area contributed by atoms with Crippen LogP contribution >= 0.6 is 0 Å². The summed E-state index contributed by atoms with van der Waals surface area (Å²) >= 11 is 0. The van der Waals surface area contributed by atoms with Crippen LogP contribution in [0, 0.1) is 11.8 Å². The van der Waals surface area contributed by atoms with Gasteiger partial charge in [-0.25, -0.2) is 0 Å². The van der Waals surface area contributed by atoms with Crippen molar-refractivity contribution in [3.05, 3.63) is 24.3 Å². The molecule has 1 saturated carbocycles. The van der Waals surface area contributed by atoms with Gasteiger partial charge in [-0.2, -0.15) is 0 Å². The molecule has 1 fully saturated rings. The minimum atomic E-state index is -0.0698. The maximum atomic E-state index is 12.3. The van der Waals surface area contributed by atoms with E-state index >= 15 is 0 Å².